The summed E-state index contributed by atoms with van der Waals surface area (Å²) in [6, 6.07) is 0. The van der Waals surface area contributed by atoms with E-state index in [1.165, 1.54) is 0 Å². The number of esters is 2. The van der Waals surface area contributed by atoms with E-state index in [9.17, 15) is 9.59 Å². The van der Waals surface area contributed by atoms with Gasteiger partial charge in [-0.3, -0.25) is 4.79 Å². The van der Waals surface area contributed by atoms with Gasteiger partial charge in [0.2, 0.25) is 6.10 Å². The fraction of sp³-hybridized carbons (Fsp3) is 0.733. The van der Waals surface area contributed by atoms with Gasteiger partial charge in [-0.05, 0) is 33.1 Å². The number of allylic oxidation sites excluding steroid dienone is 2. The second kappa shape index (κ2) is 5.35. The molecule has 0 bridgehead atoms. The zero-order chi connectivity index (χ0) is 14.0. The van der Waals surface area contributed by atoms with E-state index in [1.54, 1.807) is 0 Å². The molecule has 0 radical (unpaired) electrons. The van der Waals surface area contributed by atoms with E-state index < -0.39 is 17.5 Å². The summed E-state index contributed by atoms with van der Waals surface area (Å²) in [5, 5.41) is 0. The summed E-state index contributed by atoms with van der Waals surface area (Å²) in [4.78, 5) is 24.0. The predicted molar refractivity (Wildman–Crippen MR) is 70.3 cm³/mol. The van der Waals surface area contributed by atoms with E-state index in [0.717, 1.165) is 12.8 Å². The fourth-order valence-corrected chi connectivity index (χ4v) is 2.45. The second-order valence-electron chi connectivity index (χ2n) is 6.06. The molecule has 1 aliphatic heterocycles. The van der Waals surface area contributed by atoms with Crippen molar-refractivity contribution in [1.82, 2.24) is 0 Å². The van der Waals surface area contributed by atoms with Crippen molar-refractivity contribution in [2.75, 3.05) is 6.61 Å². The number of carbonyl (C=O) groups is 2. The van der Waals surface area contributed by atoms with Crippen LogP contribution in [0.5, 0.6) is 0 Å². The average molecular weight is 266 g/mol. The van der Waals surface area contributed by atoms with Crippen molar-refractivity contribution in [1.29, 1.82) is 0 Å². The maximum atomic E-state index is 12.1. The number of fused-ring (bicyclic) bond motifs is 1. The Bertz CT molecular complexity index is 397. The molecule has 0 aromatic carbocycles. The number of cyclic esters (lactones) is 1. The molecule has 0 N–H and O–H groups in total. The van der Waals surface area contributed by atoms with Crippen LogP contribution in [0.15, 0.2) is 12.2 Å². The van der Waals surface area contributed by atoms with Crippen molar-refractivity contribution in [2.45, 2.75) is 46.1 Å². The lowest BCUT2D eigenvalue weighted by molar-refractivity contribution is -0.188. The van der Waals surface area contributed by atoms with Crippen molar-refractivity contribution in [3.8, 4) is 0 Å². The highest BCUT2D eigenvalue weighted by Crippen LogP contribution is 2.35. The molecular formula is C15H22O4. The van der Waals surface area contributed by atoms with E-state index in [-0.39, 0.29) is 17.8 Å². The standard InChI is InChI=1S/C15H22O4/c1-4-15(2,3)14(17)19-12-11-8-6-5-7-10(11)9-18-13(12)16/h5-6,10-12H,4,7-9H2,1-3H3. The van der Waals surface area contributed by atoms with E-state index in [0.29, 0.717) is 13.0 Å². The Labute approximate surface area is 114 Å². The maximum absolute atomic E-state index is 12.1. The number of rotatable bonds is 3. The third kappa shape index (κ3) is 2.82. The summed E-state index contributed by atoms with van der Waals surface area (Å²) in [7, 11) is 0. The van der Waals surface area contributed by atoms with Crippen LogP contribution >= 0.6 is 0 Å². The van der Waals surface area contributed by atoms with Crippen molar-refractivity contribution < 1.29 is 19.1 Å². The van der Waals surface area contributed by atoms with Gasteiger partial charge in [0, 0.05) is 11.8 Å². The zero-order valence-electron chi connectivity index (χ0n) is 11.8. The van der Waals surface area contributed by atoms with Crippen LogP contribution in [0.3, 0.4) is 0 Å². The van der Waals surface area contributed by atoms with Crippen LogP contribution in [0.4, 0.5) is 0 Å². The number of carbonyl (C=O) groups excluding carboxylic acids is 2. The Hall–Kier alpha value is -1.32. The molecule has 0 amide bonds. The Balaban J connectivity index is 2.10. The molecule has 3 atom stereocenters. The van der Waals surface area contributed by atoms with Crippen LogP contribution in [0.25, 0.3) is 0 Å². The predicted octanol–water partition coefficient (Wildman–Crippen LogP) is 2.47. The highest BCUT2D eigenvalue weighted by Gasteiger charge is 2.44. The van der Waals surface area contributed by atoms with E-state index >= 15 is 0 Å². The normalized spacial score (nSPS) is 30.5. The molecule has 0 spiro atoms. The smallest absolute Gasteiger partial charge is 0.347 e. The maximum Gasteiger partial charge on any atom is 0.347 e. The molecule has 2 rings (SSSR count). The zero-order valence-corrected chi connectivity index (χ0v) is 11.8. The second-order valence-corrected chi connectivity index (χ2v) is 6.06. The van der Waals surface area contributed by atoms with Crippen molar-refractivity contribution in [3.05, 3.63) is 12.2 Å². The fourth-order valence-electron chi connectivity index (χ4n) is 2.45. The van der Waals surface area contributed by atoms with Gasteiger partial charge < -0.3 is 9.47 Å². The molecule has 1 heterocycles. The summed E-state index contributed by atoms with van der Waals surface area (Å²) in [6.45, 7) is 6.05. The molecule has 1 aliphatic carbocycles. The number of hydrogen-bond donors (Lipinski definition) is 0. The summed E-state index contributed by atoms with van der Waals surface area (Å²) < 4.78 is 10.6. The van der Waals surface area contributed by atoms with Crippen LogP contribution < -0.4 is 0 Å². The molecule has 0 saturated carbocycles. The third-order valence-electron chi connectivity index (χ3n) is 4.35. The molecule has 2 aliphatic rings. The molecular weight excluding hydrogens is 244 g/mol. The summed E-state index contributed by atoms with van der Waals surface area (Å²) in [5.74, 6) is -0.350. The van der Waals surface area contributed by atoms with E-state index in [2.05, 4.69) is 12.2 Å². The number of hydrogen-bond acceptors (Lipinski definition) is 4. The van der Waals surface area contributed by atoms with Crippen LogP contribution in [-0.4, -0.2) is 24.6 Å². The lowest BCUT2D eigenvalue weighted by atomic mass is 9.78. The average Bonchev–Trinajstić information content (AvgIpc) is 2.41. The molecule has 4 nitrogen and oxygen atoms in total. The molecule has 0 aromatic rings. The first-order valence-corrected chi connectivity index (χ1v) is 6.98. The monoisotopic (exact) mass is 266 g/mol. The molecule has 1 saturated heterocycles. The minimum absolute atomic E-state index is 0.0721. The van der Waals surface area contributed by atoms with Crippen molar-refractivity contribution in [2.24, 2.45) is 17.3 Å². The van der Waals surface area contributed by atoms with Gasteiger partial charge in [0.25, 0.3) is 0 Å². The van der Waals surface area contributed by atoms with Gasteiger partial charge in [0.15, 0.2) is 0 Å². The van der Waals surface area contributed by atoms with Gasteiger partial charge in [-0.2, -0.15) is 0 Å². The largest absolute Gasteiger partial charge is 0.463 e. The minimum Gasteiger partial charge on any atom is -0.463 e. The first-order chi connectivity index (χ1) is 8.95. The van der Waals surface area contributed by atoms with Gasteiger partial charge in [0.05, 0.1) is 12.0 Å². The van der Waals surface area contributed by atoms with Gasteiger partial charge in [0.1, 0.15) is 0 Å². The topological polar surface area (TPSA) is 52.6 Å². The van der Waals surface area contributed by atoms with E-state index in [4.69, 9.17) is 9.47 Å². The van der Waals surface area contributed by atoms with Crippen molar-refractivity contribution >= 4 is 11.9 Å². The van der Waals surface area contributed by atoms with Crippen LogP contribution in [0, 0.1) is 17.3 Å². The van der Waals surface area contributed by atoms with Crippen LogP contribution in [0.1, 0.15) is 40.0 Å². The first kappa shape index (κ1) is 14.1. The lowest BCUT2D eigenvalue weighted by Gasteiger charge is -2.38. The molecule has 4 heteroatoms. The van der Waals surface area contributed by atoms with Crippen LogP contribution in [-0.2, 0) is 19.1 Å². The highest BCUT2D eigenvalue weighted by atomic mass is 16.6. The summed E-state index contributed by atoms with van der Waals surface area (Å²) >= 11 is 0. The number of ether oxygens (including phenoxy) is 2. The summed E-state index contributed by atoms with van der Waals surface area (Å²) in [5.41, 5.74) is -0.558. The molecule has 19 heavy (non-hydrogen) atoms. The molecule has 0 aromatic heterocycles. The molecule has 1 fully saturated rings. The van der Waals surface area contributed by atoms with Gasteiger partial charge in [-0.1, -0.05) is 19.1 Å². The highest BCUT2D eigenvalue weighted by molar-refractivity contribution is 5.82. The third-order valence-corrected chi connectivity index (χ3v) is 4.35. The van der Waals surface area contributed by atoms with Gasteiger partial charge in [-0.25, -0.2) is 4.79 Å². The SMILES string of the molecule is CCC(C)(C)C(=O)OC1C(=O)OCC2CC=CCC21. The van der Waals surface area contributed by atoms with Gasteiger partial charge >= 0.3 is 11.9 Å². The van der Waals surface area contributed by atoms with Crippen molar-refractivity contribution in [3.63, 3.8) is 0 Å². The van der Waals surface area contributed by atoms with Crippen LogP contribution in [0.2, 0.25) is 0 Å². The lowest BCUT2D eigenvalue weighted by Crippen LogP contribution is -2.48. The molecule has 3 unspecified atom stereocenters. The summed E-state index contributed by atoms with van der Waals surface area (Å²) in [6.07, 6.45) is 5.79. The van der Waals surface area contributed by atoms with E-state index in [1.807, 2.05) is 20.8 Å². The van der Waals surface area contributed by atoms with Gasteiger partial charge in [-0.15, -0.1) is 0 Å². The first-order valence-electron chi connectivity index (χ1n) is 6.98. The Morgan fingerprint density at radius 3 is 2.79 bits per heavy atom. The Kier molecular flexibility index (Phi) is 3.97. The Morgan fingerprint density at radius 2 is 2.11 bits per heavy atom. The molecule has 106 valence electrons. The minimum atomic E-state index is -0.734. The quantitative estimate of drug-likeness (QED) is 0.581. The Morgan fingerprint density at radius 1 is 1.42 bits per heavy atom.